The standard InChI is InChI=1S/C13H21ClN2O/c1-3-7-15-10-11-5-4-6-12(14)13(11)16(2)8-9-17/h4-6,15,17H,3,7-10H2,1-2H3. The molecule has 0 aliphatic carbocycles. The quantitative estimate of drug-likeness (QED) is 0.735. The average molecular weight is 257 g/mol. The minimum atomic E-state index is 0.129. The Morgan fingerprint density at radius 2 is 2.18 bits per heavy atom. The third-order valence-electron chi connectivity index (χ3n) is 2.63. The maximum absolute atomic E-state index is 8.99. The molecule has 0 radical (unpaired) electrons. The number of nitrogens with one attached hydrogen (secondary N) is 1. The van der Waals surface area contributed by atoms with Crippen molar-refractivity contribution in [2.45, 2.75) is 19.9 Å². The van der Waals surface area contributed by atoms with E-state index in [0.29, 0.717) is 6.54 Å². The Hall–Kier alpha value is -0.770. The van der Waals surface area contributed by atoms with Crippen molar-refractivity contribution >= 4 is 17.3 Å². The monoisotopic (exact) mass is 256 g/mol. The number of nitrogens with zero attached hydrogens (tertiary/aromatic N) is 1. The van der Waals surface area contributed by atoms with Crippen LogP contribution in [-0.4, -0.2) is 31.9 Å². The van der Waals surface area contributed by atoms with Crippen molar-refractivity contribution in [1.29, 1.82) is 0 Å². The number of hydrogen-bond acceptors (Lipinski definition) is 3. The van der Waals surface area contributed by atoms with E-state index in [0.717, 1.165) is 30.2 Å². The molecule has 0 fully saturated rings. The third kappa shape index (κ3) is 4.19. The maximum atomic E-state index is 8.99. The summed E-state index contributed by atoms with van der Waals surface area (Å²) in [7, 11) is 1.95. The highest BCUT2D eigenvalue weighted by molar-refractivity contribution is 6.33. The van der Waals surface area contributed by atoms with Crippen LogP contribution in [0.2, 0.25) is 5.02 Å². The Kier molecular flexibility index (Phi) is 6.34. The maximum Gasteiger partial charge on any atom is 0.0642 e. The molecule has 0 aliphatic rings. The Bertz CT molecular complexity index is 344. The molecule has 0 aliphatic heterocycles. The van der Waals surface area contributed by atoms with Crippen molar-refractivity contribution in [2.75, 3.05) is 31.6 Å². The molecule has 1 aromatic rings. The summed E-state index contributed by atoms with van der Waals surface area (Å²) in [5.41, 5.74) is 2.17. The number of benzene rings is 1. The van der Waals surface area contributed by atoms with E-state index in [2.05, 4.69) is 18.3 Å². The Balaban J connectivity index is 2.83. The molecular weight excluding hydrogens is 236 g/mol. The first-order chi connectivity index (χ1) is 8.20. The predicted molar refractivity (Wildman–Crippen MR) is 73.8 cm³/mol. The summed E-state index contributed by atoms with van der Waals surface area (Å²) < 4.78 is 0. The fraction of sp³-hybridized carbons (Fsp3) is 0.538. The van der Waals surface area contributed by atoms with Crippen LogP contribution in [0.4, 0.5) is 5.69 Å². The topological polar surface area (TPSA) is 35.5 Å². The second kappa shape index (κ2) is 7.54. The highest BCUT2D eigenvalue weighted by atomic mass is 35.5. The third-order valence-corrected chi connectivity index (χ3v) is 2.93. The van der Waals surface area contributed by atoms with Crippen LogP contribution in [0.25, 0.3) is 0 Å². The highest BCUT2D eigenvalue weighted by Crippen LogP contribution is 2.28. The lowest BCUT2D eigenvalue weighted by molar-refractivity contribution is 0.304. The van der Waals surface area contributed by atoms with E-state index in [1.807, 2.05) is 24.1 Å². The molecule has 3 nitrogen and oxygen atoms in total. The lowest BCUT2D eigenvalue weighted by Gasteiger charge is -2.23. The molecule has 2 N–H and O–H groups in total. The minimum absolute atomic E-state index is 0.129. The molecule has 0 saturated heterocycles. The van der Waals surface area contributed by atoms with E-state index in [1.165, 1.54) is 5.56 Å². The first-order valence-corrected chi connectivity index (χ1v) is 6.38. The first kappa shape index (κ1) is 14.3. The van der Waals surface area contributed by atoms with Gasteiger partial charge >= 0.3 is 0 Å². The van der Waals surface area contributed by atoms with Gasteiger partial charge in [0.15, 0.2) is 0 Å². The van der Waals surface area contributed by atoms with Gasteiger partial charge in [-0.2, -0.15) is 0 Å². The van der Waals surface area contributed by atoms with Crippen molar-refractivity contribution in [2.24, 2.45) is 0 Å². The molecule has 1 aromatic carbocycles. The van der Waals surface area contributed by atoms with E-state index in [1.54, 1.807) is 0 Å². The molecule has 0 saturated carbocycles. The zero-order valence-corrected chi connectivity index (χ0v) is 11.3. The Morgan fingerprint density at radius 3 is 2.82 bits per heavy atom. The summed E-state index contributed by atoms with van der Waals surface area (Å²) in [6, 6.07) is 5.91. The Morgan fingerprint density at radius 1 is 1.41 bits per heavy atom. The smallest absolute Gasteiger partial charge is 0.0642 e. The van der Waals surface area contributed by atoms with Gasteiger partial charge in [-0.25, -0.2) is 0 Å². The van der Waals surface area contributed by atoms with Crippen molar-refractivity contribution in [1.82, 2.24) is 5.32 Å². The van der Waals surface area contributed by atoms with E-state index < -0.39 is 0 Å². The average Bonchev–Trinajstić information content (AvgIpc) is 2.29. The van der Waals surface area contributed by atoms with Gasteiger partial charge in [-0.3, -0.25) is 0 Å². The van der Waals surface area contributed by atoms with Gasteiger partial charge < -0.3 is 15.3 Å². The molecule has 0 amide bonds. The number of anilines is 1. The van der Waals surface area contributed by atoms with Gasteiger partial charge in [0.2, 0.25) is 0 Å². The number of aliphatic hydroxyl groups excluding tert-OH is 1. The van der Waals surface area contributed by atoms with Crippen molar-refractivity contribution < 1.29 is 5.11 Å². The fourth-order valence-electron chi connectivity index (χ4n) is 1.79. The van der Waals surface area contributed by atoms with Gasteiger partial charge in [-0.1, -0.05) is 30.7 Å². The number of hydrogen-bond donors (Lipinski definition) is 2. The van der Waals surface area contributed by atoms with Crippen LogP contribution < -0.4 is 10.2 Å². The normalized spacial score (nSPS) is 10.6. The van der Waals surface area contributed by atoms with Crippen molar-refractivity contribution in [3.05, 3.63) is 28.8 Å². The van der Waals surface area contributed by atoms with E-state index in [9.17, 15) is 0 Å². The molecule has 96 valence electrons. The van der Waals surface area contributed by atoms with Crippen LogP contribution in [0.15, 0.2) is 18.2 Å². The molecule has 17 heavy (non-hydrogen) atoms. The van der Waals surface area contributed by atoms with Crippen LogP contribution >= 0.6 is 11.6 Å². The lowest BCUT2D eigenvalue weighted by Crippen LogP contribution is -2.24. The predicted octanol–water partition coefficient (Wildman–Crippen LogP) is 2.27. The van der Waals surface area contributed by atoms with Gasteiger partial charge in [-0.05, 0) is 24.6 Å². The summed E-state index contributed by atoms with van der Waals surface area (Å²) in [6.45, 7) is 4.66. The molecule has 1 rings (SSSR count). The molecule has 0 aromatic heterocycles. The number of aliphatic hydroxyl groups is 1. The SMILES string of the molecule is CCCNCc1cccc(Cl)c1N(C)CCO. The second-order valence-corrected chi connectivity index (χ2v) is 4.48. The first-order valence-electron chi connectivity index (χ1n) is 6.00. The highest BCUT2D eigenvalue weighted by Gasteiger charge is 2.10. The van der Waals surface area contributed by atoms with Crippen molar-refractivity contribution in [3.8, 4) is 0 Å². The molecule has 0 atom stereocenters. The molecule has 4 heteroatoms. The van der Waals surface area contributed by atoms with Crippen LogP contribution in [-0.2, 0) is 6.54 Å². The number of halogens is 1. The fourth-order valence-corrected chi connectivity index (χ4v) is 2.13. The van der Waals surface area contributed by atoms with Crippen LogP contribution in [0.3, 0.4) is 0 Å². The van der Waals surface area contributed by atoms with Gasteiger partial charge in [0.1, 0.15) is 0 Å². The van der Waals surface area contributed by atoms with Gasteiger partial charge in [0.25, 0.3) is 0 Å². The zero-order chi connectivity index (χ0) is 12.7. The summed E-state index contributed by atoms with van der Waals surface area (Å²) in [4.78, 5) is 1.99. The molecule has 0 heterocycles. The van der Waals surface area contributed by atoms with Gasteiger partial charge in [-0.15, -0.1) is 0 Å². The van der Waals surface area contributed by atoms with E-state index in [4.69, 9.17) is 16.7 Å². The minimum Gasteiger partial charge on any atom is -0.395 e. The Labute approximate surface area is 108 Å². The molecule has 0 bridgehead atoms. The van der Waals surface area contributed by atoms with E-state index in [-0.39, 0.29) is 6.61 Å². The summed E-state index contributed by atoms with van der Waals surface area (Å²) in [5, 5.41) is 13.1. The van der Waals surface area contributed by atoms with E-state index >= 15 is 0 Å². The summed E-state index contributed by atoms with van der Waals surface area (Å²) in [6.07, 6.45) is 1.11. The van der Waals surface area contributed by atoms with Crippen LogP contribution in [0.5, 0.6) is 0 Å². The summed E-state index contributed by atoms with van der Waals surface area (Å²) >= 11 is 6.22. The summed E-state index contributed by atoms with van der Waals surface area (Å²) in [5.74, 6) is 0. The van der Waals surface area contributed by atoms with Gasteiger partial charge in [0.05, 0.1) is 17.3 Å². The zero-order valence-electron chi connectivity index (χ0n) is 10.5. The number of para-hydroxylation sites is 1. The molecular formula is C13H21ClN2O. The van der Waals surface area contributed by atoms with Crippen molar-refractivity contribution in [3.63, 3.8) is 0 Å². The van der Waals surface area contributed by atoms with Crippen LogP contribution in [0, 0.1) is 0 Å². The molecule has 0 spiro atoms. The molecule has 0 unspecified atom stereocenters. The second-order valence-electron chi connectivity index (χ2n) is 4.07. The number of likely N-dealkylation sites (N-methyl/N-ethyl adjacent to an activating group) is 1. The largest absolute Gasteiger partial charge is 0.395 e. The van der Waals surface area contributed by atoms with Gasteiger partial charge in [0, 0.05) is 20.1 Å². The lowest BCUT2D eigenvalue weighted by atomic mass is 10.1. The van der Waals surface area contributed by atoms with Crippen LogP contribution in [0.1, 0.15) is 18.9 Å². The number of rotatable bonds is 7.